The molecule has 0 unspecified atom stereocenters. The van der Waals surface area contributed by atoms with E-state index in [1.807, 2.05) is 60.7 Å². The third-order valence-corrected chi connectivity index (χ3v) is 5.50. The average molecular weight is 451 g/mol. The molecule has 0 aliphatic carbocycles. The first-order valence-electron chi connectivity index (χ1n) is 11.8. The number of hydrogen-bond acceptors (Lipinski definition) is 3. The van der Waals surface area contributed by atoms with Crippen molar-refractivity contribution in [3.05, 3.63) is 96.6 Å². The fraction of sp³-hybridized carbons (Fsp3) is 0.207. The van der Waals surface area contributed by atoms with Crippen LogP contribution in [0, 0.1) is 0 Å². The van der Waals surface area contributed by atoms with E-state index in [4.69, 9.17) is 9.97 Å². The first-order valence-corrected chi connectivity index (χ1v) is 11.8. The Balaban J connectivity index is 1.40. The summed E-state index contributed by atoms with van der Waals surface area (Å²) < 4.78 is 4.41. The van der Waals surface area contributed by atoms with Gasteiger partial charge in [-0.2, -0.15) is 0 Å². The molecule has 0 spiro atoms. The second-order valence-corrected chi connectivity index (χ2v) is 8.06. The smallest absolute Gasteiger partial charge is 0.178 e. The molecule has 0 saturated heterocycles. The largest absolute Gasteiger partial charge is 0.324 e. The SMILES string of the molecule is CCCn1c(/C=C/C=C/C(=O)/C=C/C=C/c2nc3ccccc3n2CCC)nc2ccccc21. The van der Waals surface area contributed by atoms with Gasteiger partial charge in [-0.25, -0.2) is 9.97 Å². The molecule has 4 aromatic rings. The summed E-state index contributed by atoms with van der Waals surface area (Å²) >= 11 is 0. The van der Waals surface area contributed by atoms with Crippen LogP contribution in [0.3, 0.4) is 0 Å². The Labute approximate surface area is 200 Å². The topological polar surface area (TPSA) is 52.7 Å². The van der Waals surface area contributed by atoms with Crippen molar-refractivity contribution in [2.45, 2.75) is 39.8 Å². The molecule has 0 saturated carbocycles. The number of carbonyl (C=O) groups is 1. The van der Waals surface area contributed by atoms with E-state index in [0.29, 0.717) is 0 Å². The highest BCUT2D eigenvalue weighted by atomic mass is 16.1. The molecule has 0 N–H and O–H groups in total. The van der Waals surface area contributed by atoms with Crippen LogP contribution in [0.1, 0.15) is 38.3 Å². The van der Waals surface area contributed by atoms with Crippen LogP contribution in [-0.4, -0.2) is 24.9 Å². The molecule has 0 radical (unpaired) electrons. The molecule has 0 amide bonds. The Morgan fingerprint density at radius 3 is 1.59 bits per heavy atom. The molecule has 5 nitrogen and oxygen atoms in total. The van der Waals surface area contributed by atoms with E-state index >= 15 is 0 Å². The Kier molecular flexibility index (Phi) is 7.66. The van der Waals surface area contributed by atoms with E-state index < -0.39 is 0 Å². The summed E-state index contributed by atoms with van der Waals surface area (Å²) in [6, 6.07) is 16.3. The summed E-state index contributed by atoms with van der Waals surface area (Å²) in [5, 5.41) is 0. The van der Waals surface area contributed by atoms with Crippen molar-refractivity contribution in [2.24, 2.45) is 0 Å². The number of fused-ring (bicyclic) bond motifs is 2. The van der Waals surface area contributed by atoms with Crippen LogP contribution in [0.25, 0.3) is 34.2 Å². The van der Waals surface area contributed by atoms with Crippen LogP contribution >= 0.6 is 0 Å². The standard InChI is InChI=1S/C29H30N4O/c1-3-21-32-26-17-9-7-15-24(26)30-28(32)19-11-5-13-23(34)14-6-12-20-29-31-25-16-8-10-18-27(25)33(29)22-4-2/h5-20H,3-4,21-22H2,1-2H3/b13-5+,14-6+,19-11+,20-12+. The van der Waals surface area contributed by atoms with E-state index in [9.17, 15) is 4.79 Å². The predicted octanol–water partition coefficient (Wildman–Crippen LogP) is 6.61. The Morgan fingerprint density at radius 1 is 0.706 bits per heavy atom. The maximum absolute atomic E-state index is 12.2. The van der Waals surface area contributed by atoms with Gasteiger partial charge in [0.2, 0.25) is 0 Å². The fourth-order valence-corrected chi connectivity index (χ4v) is 4.00. The molecule has 34 heavy (non-hydrogen) atoms. The second kappa shape index (κ2) is 11.2. The highest BCUT2D eigenvalue weighted by molar-refractivity contribution is 5.99. The first kappa shape index (κ1) is 23.2. The van der Waals surface area contributed by atoms with Gasteiger partial charge in [0.25, 0.3) is 0 Å². The summed E-state index contributed by atoms with van der Waals surface area (Å²) in [7, 11) is 0. The molecule has 2 aromatic carbocycles. The number of benzene rings is 2. The first-order chi connectivity index (χ1) is 16.7. The zero-order valence-corrected chi connectivity index (χ0v) is 19.8. The molecule has 0 aliphatic rings. The number of rotatable bonds is 10. The second-order valence-electron chi connectivity index (χ2n) is 8.06. The van der Waals surface area contributed by atoms with Crippen LogP contribution in [0.15, 0.2) is 85.0 Å². The third kappa shape index (κ3) is 5.31. The molecule has 2 aromatic heterocycles. The Hall–Kier alpha value is -3.99. The molecular weight excluding hydrogens is 420 g/mol. The van der Waals surface area contributed by atoms with Gasteiger partial charge in [-0.3, -0.25) is 4.79 Å². The minimum atomic E-state index is -0.0709. The fourth-order valence-electron chi connectivity index (χ4n) is 4.00. The zero-order valence-electron chi connectivity index (χ0n) is 19.8. The van der Waals surface area contributed by atoms with Crippen molar-refractivity contribution in [1.29, 1.82) is 0 Å². The average Bonchev–Trinajstić information content (AvgIpc) is 3.38. The summed E-state index contributed by atoms with van der Waals surface area (Å²) in [5.41, 5.74) is 4.23. The highest BCUT2D eigenvalue weighted by Crippen LogP contribution is 2.18. The van der Waals surface area contributed by atoms with Crippen LogP contribution < -0.4 is 0 Å². The summed E-state index contributed by atoms with van der Waals surface area (Å²) in [6.07, 6.45) is 16.3. The lowest BCUT2D eigenvalue weighted by atomic mass is 10.3. The van der Waals surface area contributed by atoms with Crippen molar-refractivity contribution >= 4 is 40.0 Å². The van der Waals surface area contributed by atoms with Crippen molar-refractivity contribution in [3.63, 3.8) is 0 Å². The molecule has 2 heterocycles. The molecule has 5 heteroatoms. The number of ketones is 1. The van der Waals surface area contributed by atoms with E-state index in [1.165, 1.54) is 0 Å². The number of aryl methyl sites for hydroxylation is 2. The molecule has 0 bridgehead atoms. The minimum Gasteiger partial charge on any atom is -0.324 e. The number of aromatic nitrogens is 4. The van der Waals surface area contributed by atoms with Gasteiger partial charge in [-0.05, 0) is 61.4 Å². The zero-order chi connectivity index (χ0) is 23.8. The van der Waals surface area contributed by atoms with E-state index in [0.717, 1.165) is 59.6 Å². The molecule has 0 atom stereocenters. The predicted molar refractivity (Wildman–Crippen MR) is 141 cm³/mol. The van der Waals surface area contributed by atoms with Gasteiger partial charge in [0, 0.05) is 13.1 Å². The Bertz CT molecular complexity index is 1290. The lowest BCUT2D eigenvalue weighted by Gasteiger charge is -2.04. The van der Waals surface area contributed by atoms with Gasteiger partial charge in [-0.1, -0.05) is 62.4 Å². The van der Waals surface area contributed by atoms with E-state index in [1.54, 1.807) is 24.3 Å². The maximum Gasteiger partial charge on any atom is 0.178 e. The lowest BCUT2D eigenvalue weighted by molar-refractivity contribution is -0.110. The van der Waals surface area contributed by atoms with E-state index in [-0.39, 0.29) is 5.78 Å². The minimum absolute atomic E-state index is 0.0709. The van der Waals surface area contributed by atoms with Crippen LogP contribution in [0.5, 0.6) is 0 Å². The van der Waals surface area contributed by atoms with Crippen molar-refractivity contribution < 1.29 is 4.79 Å². The normalized spacial score (nSPS) is 12.5. The third-order valence-electron chi connectivity index (χ3n) is 5.50. The molecule has 172 valence electrons. The Morgan fingerprint density at radius 2 is 1.15 bits per heavy atom. The van der Waals surface area contributed by atoms with Gasteiger partial charge in [-0.15, -0.1) is 0 Å². The highest BCUT2D eigenvalue weighted by Gasteiger charge is 2.07. The van der Waals surface area contributed by atoms with Crippen molar-refractivity contribution in [2.75, 3.05) is 0 Å². The molecule has 0 fully saturated rings. The van der Waals surface area contributed by atoms with Crippen LogP contribution in [0.4, 0.5) is 0 Å². The summed E-state index contributed by atoms with van der Waals surface area (Å²) in [6.45, 7) is 6.12. The van der Waals surface area contributed by atoms with Gasteiger partial charge < -0.3 is 9.13 Å². The number of allylic oxidation sites excluding steroid dienone is 6. The monoisotopic (exact) mass is 450 g/mol. The van der Waals surface area contributed by atoms with Crippen LogP contribution in [0.2, 0.25) is 0 Å². The number of para-hydroxylation sites is 4. The number of imidazole rings is 2. The van der Waals surface area contributed by atoms with Gasteiger partial charge in [0.1, 0.15) is 11.6 Å². The molecule has 4 rings (SSSR count). The quantitative estimate of drug-likeness (QED) is 0.202. The summed E-state index contributed by atoms with van der Waals surface area (Å²) in [4.78, 5) is 21.6. The van der Waals surface area contributed by atoms with Crippen molar-refractivity contribution in [1.82, 2.24) is 19.1 Å². The van der Waals surface area contributed by atoms with E-state index in [2.05, 4.69) is 35.1 Å². The molecular formula is C29H30N4O. The lowest BCUT2D eigenvalue weighted by Crippen LogP contribution is -1.99. The summed E-state index contributed by atoms with van der Waals surface area (Å²) in [5.74, 6) is 1.72. The van der Waals surface area contributed by atoms with Crippen molar-refractivity contribution in [3.8, 4) is 0 Å². The number of hydrogen-bond donors (Lipinski definition) is 0. The number of carbonyl (C=O) groups excluding carboxylic acids is 1. The van der Waals surface area contributed by atoms with Gasteiger partial charge in [0.15, 0.2) is 5.78 Å². The van der Waals surface area contributed by atoms with Crippen LogP contribution in [-0.2, 0) is 17.9 Å². The molecule has 0 aliphatic heterocycles. The van der Waals surface area contributed by atoms with Gasteiger partial charge >= 0.3 is 0 Å². The maximum atomic E-state index is 12.2. The van der Waals surface area contributed by atoms with Gasteiger partial charge in [0.05, 0.1) is 22.1 Å². The number of nitrogens with zero attached hydrogens (tertiary/aromatic N) is 4.